The largest absolute Gasteiger partial charge is 0.322 e. The summed E-state index contributed by atoms with van der Waals surface area (Å²) in [5.74, 6) is -0.172. The zero-order valence-corrected chi connectivity index (χ0v) is 9.67. The van der Waals surface area contributed by atoms with Crippen molar-refractivity contribution in [2.75, 3.05) is 32.9 Å². The molecule has 0 aromatic heterocycles. The van der Waals surface area contributed by atoms with E-state index in [9.17, 15) is 13.2 Å². The van der Waals surface area contributed by atoms with Gasteiger partial charge in [-0.25, -0.2) is 0 Å². The molecule has 0 aliphatic rings. The van der Waals surface area contributed by atoms with Gasteiger partial charge in [0.25, 0.3) is 10.1 Å². The second kappa shape index (κ2) is 4.86. The molecule has 0 aromatic rings. The summed E-state index contributed by atoms with van der Waals surface area (Å²) in [6.45, 7) is 2.44. The van der Waals surface area contributed by atoms with Gasteiger partial charge in [0.05, 0.1) is 26.4 Å². The third kappa shape index (κ3) is 8.15. The maximum absolute atomic E-state index is 10.8. The molecule has 0 saturated heterocycles. The lowest BCUT2D eigenvalue weighted by Crippen LogP contribution is -2.44. The van der Waals surface area contributed by atoms with Gasteiger partial charge in [-0.05, 0) is 0 Å². The van der Waals surface area contributed by atoms with Gasteiger partial charge in [0, 0.05) is 13.3 Å². The van der Waals surface area contributed by atoms with E-state index in [0.29, 0.717) is 24.0 Å². The Bertz CT molecular complexity index is 294. The summed E-state index contributed by atoms with van der Waals surface area (Å²) in [4.78, 5) is 10.8. The molecule has 0 atom stereocenters. The van der Waals surface area contributed by atoms with Crippen LogP contribution in [0, 0.1) is 0 Å². The summed E-state index contributed by atoms with van der Waals surface area (Å²) in [6.07, 6.45) is 0.360. The highest BCUT2D eigenvalue weighted by Crippen LogP contribution is 2.00. The summed E-state index contributed by atoms with van der Waals surface area (Å²) < 4.78 is 29.8. The lowest BCUT2D eigenvalue weighted by Gasteiger charge is -2.28. The van der Waals surface area contributed by atoms with Crippen LogP contribution in [0.15, 0.2) is 0 Å². The fraction of sp³-hybridized carbons (Fsp3) is 0.875. The molecule has 0 radical (unpaired) electrons. The number of carbonyl (C=O) groups is 1. The number of Topliss-reactive ketones (excluding diaryl/α,β-unsaturated/α-hetero) is 1. The standard InChI is InChI=1S/C8H17NO4S/c1-8(10)7-9(2,3)5-4-6-14(11,12)13/h4-7H2,1-3H3/p+1. The van der Waals surface area contributed by atoms with Crippen LogP contribution < -0.4 is 0 Å². The highest BCUT2D eigenvalue weighted by molar-refractivity contribution is 7.85. The molecule has 1 N–H and O–H groups in total. The predicted octanol–water partition coefficient (Wildman–Crippen LogP) is -0.0703. The van der Waals surface area contributed by atoms with Crippen molar-refractivity contribution in [3.8, 4) is 0 Å². The van der Waals surface area contributed by atoms with E-state index in [1.165, 1.54) is 6.92 Å². The summed E-state index contributed by atoms with van der Waals surface area (Å²) in [6, 6.07) is 0. The summed E-state index contributed by atoms with van der Waals surface area (Å²) in [5, 5.41) is 0. The number of rotatable bonds is 6. The molecule has 5 nitrogen and oxygen atoms in total. The minimum Gasteiger partial charge on any atom is -0.322 e. The van der Waals surface area contributed by atoms with Crippen molar-refractivity contribution in [2.24, 2.45) is 0 Å². The SMILES string of the molecule is CC(=O)C[N+](C)(C)CCCS(=O)(=O)O. The predicted molar refractivity (Wildman–Crippen MR) is 53.6 cm³/mol. The van der Waals surface area contributed by atoms with E-state index in [-0.39, 0.29) is 11.5 Å². The van der Waals surface area contributed by atoms with E-state index >= 15 is 0 Å². The Hall–Kier alpha value is -0.460. The minimum atomic E-state index is -3.87. The van der Waals surface area contributed by atoms with Gasteiger partial charge in [-0.3, -0.25) is 9.35 Å². The molecule has 0 saturated carbocycles. The lowest BCUT2D eigenvalue weighted by atomic mass is 10.3. The average Bonchev–Trinajstić information content (AvgIpc) is 1.78. The fourth-order valence-corrected chi connectivity index (χ4v) is 1.85. The Balaban J connectivity index is 3.94. The van der Waals surface area contributed by atoms with Crippen LogP contribution in [0.3, 0.4) is 0 Å². The summed E-state index contributed by atoms with van der Waals surface area (Å²) in [7, 11) is -0.165. The Morgan fingerprint density at radius 2 is 1.86 bits per heavy atom. The van der Waals surface area contributed by atoms with Gasteiger partial charge >= 0.3 is 0 Å². The van der Waals surface area contributed by atoms with Crippen LogP contribution in [-0.2, 0) is 14.9 Å². The molecule has 0 aliphatic heterocycles. The zero-order chi connectivity index (χ0) is 11.4. The molecular formula is C8H18NO4S+. The van der Waals surface area contributed by atoms with Gasteiger partial charge in [-0.2, -0.15) is 8.42 Å². The molecule has 14 heavy (non-hydrogen) atoms. The summed E-state index contributed by atoms with van der Waals surface area (Å²) >= 11 is 0. The van der Waals surface area contributed by atoms with Crippen molar-refractivity contribution in [2.45, 2.75) is 13.3 Å². The Kier molecular flexibility index (Phi) is 4.70. The first-order valence-corrected chi connectivity index (χ1v) is 6.00. The third-order valence-corrected chi connectivity index (χ3v) is 2.62. The van der Waals surface area contributed by atoms with Gasteiger partial charge < -0.3 is 4.48 Å². The van der Waals surface area contributed by atoms with Crippen LogP contribution in [0.4, 0.5) is 0 Å². The monoisotopic (exact) mass is 224 g/mol. The van der Waals surface area contributed by atoms with Crippen molar-refractivity contribution in [3.05, 3.63) is 0 Å². The molecule has 84 valence electrons. The second-order valence-corrected chi connectivity index (χ2v) is 5.73. The molecule has 0 amide bonds. The number of ketones is 1. The Labute approximate surface area is 85.1 Å². The number of hydrogen-bond donors (Lipinski definition) is 1. The highest BCUT2D eigenvalue weighted by Gasteiger charge is 2.18. The van der Waals surface area contributed by atoms with Crippen molar-refractivity contribution >= 4 is 15.9 Å². The molecule has 0 rings (SSSR count). The summed E-state index contributed by atoms with van der Waals surface area (Å²) in [5.41, 5.74) is 0. The number of quaternary nitrogens is 1. The molecule has 0 unspecified atom stereocenters. The second-order valence-electron chi connectivity index (χ2n) is 4.16. The minimum absolute atomic E-state index is 0.0712. The molecule has 0 aliphatic carbocycles. The van der Waals surface area contributed by atoms with Gasteiger partial charge in [0.1, 0.15) is 6.54 Å². The van der Waals surface area contributed by atoms with Gasteiger partial charge in [-0.15, -0.1) is 0 Å². The first-order valence-electron chi connectivity index (χ1n) is 4.39. The van der Waals surface area contributed by atoms with E-state index < -0.39 is 10.1 Å². The maximum Gasteiger partial charge on any atom is 0.265 e. The number of hydrogen-bond acceptors (Lipinski definition) is 3. The van der Waals surface area contributed by atoms with Crippen molar-refractivity contribution < 1.29 is 22.2 Å². The molecule has 0 heterocycles. The molecular weight excluding hydrogens is 206 g/mol. The van der Waals surface area contributed by atoms with E-state index in [0.717, 1.165) is 0 Å². The first-order chi connectivity index (χ1) is 6.12. The van der Waals surface area contributed by atoms with E-state index in [1.807, 2.05) is 14.1 Å². The number of carbonyl (C=O) groups excluding carboxylic acids is 1. The highest BCUT2D eigenvalue weighted by atomic mass is 32.2. The molecule has 0 aromatic carbocycles. The molecule has 0 fully saturated rings. The Morgan fingerprint density at radius 1 is 1.36 bits per heavy atom. The van der Waals surface area contributed by atoms with Crippen molar-refractivity contribution in [3.63, 3.8) is 0 Å². The van der Waals surface area contributed by atoms with Crippen LogP contribution in [0.5, 0.6) is 0 Å². The van der Waals surface area contributed by atoms with Crippen LogP contribution >= 0.6 is 0 Å². The van der Waals surface area contributed by atoms with Gasteiger partial charge in [0.2, 0.25) is 0 Å². The average molecular weight is 224 g/mol. The Morgan fingerprint density at radius 3 is 2.21 bits per heavy atom. The number of nitrogens with zero attached hydrogens (tertiary/aromatic N) is 1. The van der Waals surface area contributed by atoms with Crippen molar-refractivity contribution in [1.29, 1.82) is 0 Å². The van der Waals surface area contributed by atoms with E-state index in [1.54, 1.807) is 0 Å². The van der Waals surface area contributed by atoms with Crippen LogP contribution in [0.2, 0.25) is 0 Å². The van der Waals surface area contributed by atoms with Crippen molar-refractivity contribution in [1.82, 2.24) is 0 Å². The lowest BCUT2D eigenvalue weighted by molar-refractivity contribution is -0.882. The topological polar surface area (TPSA) is 71.4 Å². The molecule has 0 bridgehead atoms. The van der Waals surface area contributed by atoms with Crippen LogP contribution in [-0.4, -0.2) is 56.2 Å². The van der Waals surface area contributed by atoms with Crippen LogP contribution in [0.1, 0.15) is 13.3 Å². The van der Waals surface area contributed by atoms with E-state index in [2.05, 4.69) is 0 Å². The molecule has 0 spiro atoms. The maximum atomic E-state index is 10.8. The third-order valence-electron chi connectivity index (χ3n) is 1.82. The fourth-order valence-electron chi connectivity index (χ4n) is 1.36. The van der Waals surface area contributed by atoms with Gasteiger partial charge in [-0.1, -0.05) is 0 Å². The number of likely N-dealkylation sites (N-methyl/N-ethyl adjacent to an activating group) is 1. The quantitative estimate of drug-likeness (QED) is 0.506. The zero-order valence-electron chi connectivity index (χ0n) is 8.86. The van der Waals surface area contributed by atoms with Gasteiger partial charge in [0.15, 0.2) is 5.78 Å². The smallest absolute Gasteiger partial charge is 0.265 e. The first kappa shape index (κ1) is 13.5. The van der Waals surface area contributed by atoms with E-state index in [4.69, 9.17) is 4.55 Å². The normalized spacial score (nSPS) is 12.9. The molecule has 6 heteroatoms. The van der Waals surface area contributed by atoms with Crippen LogP contribution in [0.25, 0.3) is 0 Å².